The Bertz CT molecular complexity index is 1680. The molecule has 0 atom stereocenters. The van der Waals surface area contributed by atoms with Gasteiger partial charge in [0.25, 0.3) is 0 Å². The van der Waals surface area contributed by atoms with E-state index in [-0.39, 0.29) is 0 Å². The number of imidazole rings is 1. The van der Waals surface area contributed by atoms with Crippen LogP contribution in [0.25, 0.3) is 33.2 Å². The van der Waals surface area contributed by atoms with E-state index in [4.69, 9.17) is 15.7 Å². The van der Waals surface area contributed by atoms with E-state index >= 15 is 0 Å². The number of hydrogen-bond acceptors (Lipinski definition) is 7. The SMILES string of the molecule is Cc1cccc2c1nc(Nc1ccc(-c3cn(C4CCC(N5CCN(C)CC5)CC4)c4ncnc(N)c34)cc1)n2C. The highest BCUT2D eigenvalue weighted by Crippen LogP contribution is 2.39. The van der Waals surface area contributed by atoms with E-state index in [0.717, 1.165) is 57.7 Å². The number of benzene rings is 2. The molecule has 2 aromatic carbocycles. The van der Waals surface area contributed by atoms with Gasteiger partial charge in [0.15, 0.2) is 0 Å². The van der Waals surface area contributed by atoms with Gasteiger partial charge in [-0.25, -0.2) is 15.0 Å². The maximum absolute atomic E-state index is 6.47. The molecule has 1 saturated carbocycles. The van der Waals surface area contributed by atoms with Crippen LogP contribution in [0.2, 0.25) is 0 Å². The minimum absolute atomic E-state index is 0.422. The molecule has 9 nitrogen and oxygen atoms in total. The molecule has 4 heterocycles. The quantitative estimate of drug-likeness (QED) is 0.305. The molecule has 2 fully saturated rings. The van der Waals surface area contributed by atoms with Crippen molar-refractivity contribution in [3.8, 4) is 11.1 Å². The van der Waals surface area contributed by atoms with Gasteiger partial charge in [-0.1, -0.05) is 24.3 Å². The number of para-hydroxylation sites is 1. The van der Waals surface area contributed by atoms with Crippen LogP contribution in [-0.4, -0.2) is 73.2 Å². The molecule has 41 heavy (non-hydrogen) atoms. The molecule has 9 heteroatoms. The third-order valence-electron chi connectivity index (χ3n) is 9.32. The lowest BCUT2D eigenvalue weighted by atomic mass is 9.89. The van der Waals surface area contributed by atoms with Crippen LogP contribution in [0, 0.1) is 6.92 Å². The van der Waals surface area contributed by atoms with Crippen molar-refractivity contribution in [2.24, 2.45) is 7.05 Å². The molecule has 1 aliphatic carbocycles. The third kappa shape index (κ3) is 4.73. The maximum atomic E-state index is 6.47. The van der Waals surface area contributed by atoms with Crippen molar-refractivity contribution < 1.29 is 0 Å². The minimum atomic E-state index is 0.422. The average molecular weight is 550 g/mol. The van der Waals surface area contributed by atoms with Gasteiger partial charge in [-0.2, -0.15) is 0 Å². The highest BCUT2D eigenvalue weighted by molar-refractivity contribution is 6.00. The first-order chi connectivity index (χ1) is 20.0. The number of anilines is 3. The Morgan fingerprint density at radius 2 is 1.61 bits per heavy atom. The zero-order valence-electron chi connectivity index (χ0n) is 24.2. The molecule has 2 aliphatic rings. The number of nitrogen functional groups attached to an aromatic ring is 1. The van der Waals surface area contributed by atoms with Crippen molar-refractivity contribution in [3.05, 3.63) is 60.6 Å². The molecule has 0 spiro atoms. The molecular weight excluding hydrogens is 510 g/mol. The van der Waals surface area contributed by atoms with Crippen molar-refractivity contribution in [1.82, 2.24) is 33.9 Å². The zero-order chi connectivity index (χ0) is 28.1. The van der Waals surface area contributed by atoms with Gasteiger partial charge >= 0.3 is 0 Å². The van der Waals surface area contributed by atoms with E-state index in [1.54, 1.807) is 6.33 Å². The summed E-state index contributed by atoms with van der Waals surface area (Å²) in [5.74, 6) is 1.36. The number of aryl methyl sites for hydroxylation is 2. The molecule has 0 radical (unpaired) electrons. The van der Waals surface area contributed by atoms with Gasteiger partial charge in [0, 0.05) is 62.8 Å². The lowest BCUT2D eigenvalue weighted by Crippen LogP contribution is -2.49. The van der Waals surface area contributed by atoms with Crippen molar-refractivity contribution in [2.75, 3.05) is 44.3 Å². The van der Waals surface area contributed by atoms with Crippen molar-refractivity contribution >= 4 is 39.5 Å². The number of nitrogens with one attached hydrogen (secondary N) is 1. The van der Waals surface area contributed by atoms with Gasteiger partial charge in [-0.3, -0.25) is 4.90 Å². The number of hydrogen-bond donors (Lipinski definition) is 2. The molecule has 1 aliphatic heterocycles. The Balaban J connectivity index is 1.13. The summed E-state index contributed by atoms with van der Waals surface area (Å²) in [5, 5.41) is 4.44. The molecule has 3 aromatic heterocycles. The molecule has 0 unspecified atom stereocenters. The molecule has 5 aromatic rings. The summed E-state index contributed by atoms with van der Waals surface area (Å²) in [6, 6.07) is 15.9. The van der Waals surface area contributed by atoms with E-state index in [9.17, 15) is 0 Å². The first-order valence-corrected chi connectivity index (χ1v) is 14.8. The number of likely N-dealkylation sites (N-methyl/N-ethyl adjacent to an activating group) is 1. The summed E-state index contributed by atoms with van der Waals surface area (Å²) in [4.78, 5) is 19.1. The Morgan fingerprint density at radius 3 is 2.34 bits per heavy atom. The van der Waals surface area contributed by atoms with Crippen LogP contribution in [0.5, 0.6) is 0 Å². The van der Waals surface area contributed by atoms with Crippen LogP contribution < -0.4 is 11.1 Å². The molecule has 3 N–H and O–H groups in total. The fraction of sp³-hybridized carbons (Fsp3) is 0.406. The number of nitrogens with zero attached hydrogens (tertiary/aromatic N) is 7. The lowest BCUT2D eigenvalue weighted by Gasteiger charge is -2.41. The Labute approximate surface area is 241 Å². The summed E-state index contributed by atoms with van der Waals surface area (Å²) >= 11 is 0. The van der Waals surface area contributed by atoms with Crippen LogP contribution in [0.4, 0.5) is 17.5 Å². The van der Waals surface area contributed by atoms with Gasteiger partial charge in [-0.15, -0.1) is 0 Å². The first-order valence-electron chi connectivity index (χ1n) is 14.8. The van der Waals surface area contributed by atoms with Gasteiger partial charge in [0.2, 0.25) is 5.95 Å². The lowest BCUT2D eigenvalue weighted by molar-refractivity contribution is 0.0828. The average Bonchev–Trinajstić information content (AvgIpc) is 3.54. The molecular formula is C32H39N9. The Kier molecular flexibility index (Phi) is 6.63. The summed E-state index contributed by atoms with van der Waals surface area (Å²) in [6.45, 7) is 6.82. The fourth-order valence-corrected chi connectivity index (χ4v) is 6.82. The van der Waals surface area contributed by atoms with E-state index < -0.39 is 0 Å². The van der Waals surface area contributed by atoms with Crippen LogP contribution in [0.1, 0.15) is 37.3 Å². The summed E-state index contributed by atoms with van der Waals surface area (Å²) < 4.78 is 4.47. The van der Waals surface area contributed by atoms with Crippen LogP contribution in [0.3, 0.4) is 0 Å². The van der Waals surface area contributed by atoms with Crippen LogP contribution >= 0.6 is 0 Å². The van der Waals surface area contributed by atoms with E-state index in [1.165, 1.54) is 44.6 Å². The zero-order valence-corrected chi connectivity index (χ0v) is 24.2. The predicted octanol–water partition coefficient (Wildman–Crippen LogP) is 5.35. The standard InChI is InChI=1S/C32H39N9/c1-21-5-4-6-27-29(21)37-32(39(27)3)36-23-9-7-22(8-10-23)26-19-41(31-28(26)30(33)34-20-35-31)25-13-11-24(12-14-25)40-17-15-38(2)16-18-40/h4-10,19-20,24-25H,11-18H2,1-3H3,(H,36,37)(H2,33,34,35). The number of rotatable bonds is 5. The fourth-order valence-electron chi connectivity index (χ4n) is 6.82. The molecule has 7 rings (SSSR count). The number of fused-ring (bicyclic) bond motifs is 2. The van der Waals surface area contributed by atoms with Crippen molar-refractivity contribution in [3.63, 3.8) is 0 Å². The summed E-state index contributed by atoms with van der Waals surface area (Å²) in [5.41, 5.74) is 13.9. The van der Waals surface area contributed by atoms with Gasteiger partial charge < -0.3 is 25.1 Å². The van der Waals surface area contributed by atoms with Gasteiger partial charge in [0.05, 0.1) is 16.4 Å². The third-order valence-corrected chi connectivity index (χ3v) is 9.32. The van der Waals surface area contributed by atoms with Crippen molar-refractivity contribution in [1.29, 1.82) is 0 Å². The second-order valence-electron chi connectivity index (χ2n) is 11.8. The second-order valence-corrected chi connectivity index (χ2v) is 11.8. The normalized spacial score (nSPS) is 20.7. The molecule has 0 amide bonds. The first kappa shape index (κ1) is 26.0. The number of piperazine rings is 1. The summed E-state index contributed by atoms with van der Waals surface area (Å²) in [7, 11) is 4.27. The molecule has 1 saturated heterocycles. The Morgan fingerprint density at radius 1 is 0.878 bits per heavy atom. The van der Waals surface area contributed by atoms with E-state index in [0.29, 0.717) is 17.9 Å². The van der Waals surface area contributed by atoms with Gasteiger partial charge in [0.1, 0.15) is 17.8 Å². The van der Waals surface area contributed by atoms with Crippen molar-refractivity contribution in [2.45, 2.75) is 44.7 Å². The number of aromatic nitrogens is 5. The monoisotopic (exact) mass is 549 g/mol. The second kappa shape index (κ2) is 10.5. The molecule has 212 valence electrons. The Hall–Kier alpha value is -3.95. The highest BCUT2D eigenvalue weighted by atomic mass is 15.3. The highest BCUT2D eigenvalue weighted by Gasteiger charge is 2.30. The maximum Gasteiger partial charge on any atom is 0.208 e. The number of nitrogens with two attached hydrogens (primary N) is 1. The smallest absolute Gasteiger partial charge is 0.208 e. The van der Waals surface area contributed by atoms with E-state index in [2.05, 4.69) is 91.9 Å². The van der Waals surface area contributed by atoms with E-state index in [1.807, 2.05) is 7.05 Å². The van der Waals surface area contributed by atoms with Gasteiger partial charge in [-0.05, 0) is 69.0 Å². The molecule has 0 bridgehead atoms. The predicted molar refractivity (Wildman–Crippen MR) is 166 cm³/mol. The topological polar surface area (TPSA) is 93.1 Å². The largest absolute Gasteiger partial charge is 0.383 e. The minimum Gasteiger partial charge on any atom is -0.383 e. The van der Waals surface area contributed by atoms with Crippen LogP contribution in [0.15, 0.2) is 55.0 Å². The summed E-state index contributed by atoms with van der Waals surface area (Å²) in [6.07, 6.45) is 8.62. The van der Waals surface area contributed by atoms with Crippen LogP contribution in [-0.2, 0) is 7.05 Å².